The van der Waals surface area contributed by atoms with Crippen LogP contribution in [0.15, 0.2) is 18.2 Å². The number of hydrogen-bond acceptors (Lipinski definition) is 3. The van der Waals surface area contributed by atoms with E-state index in [2.05, 4.69) is 16.8 Å². The molecule has 0 aliphatic carbocycles. The van der Waals surface area contributed by atoms with Gasteiger partial charge in [-0.05, 0) is 50.9 Å². The summed E-state index contributed by atoms with van der Waals surface area (Å²) >= 11 is 0. The number of aromatic amines is 1. The summed E-state index contributed by atoms with van der Waals surface area (Å²) in [6.07, 6.45) is 4.87. The van der Waals surface area contributed by atoms with Crippen molar-refractivity contribution in [1.82, 2.24) is 9.88 Å². The Morgan fingerprint density at radius 3 is 2.68 bits per heavy atom. The largest absolute Gasteiger partial charge is 1.00 e. The van der Waals surface area contributed by atoms with Crippen LogP contribution < -0.4 is 12.4 Å². The molecule has 1 aromatic carbocycles. The Morgan fingerprint density at radius 2 is 2.00 bits per heavy atom. The Balaban J connectivity index is 0.00000176. The van der Waals surface area contributed by atoms with E-state index in [1.807, 2.05) is 6.07 Å². The summed E-state index contributed by atoms with van der Waals surface area (Å²) in [5.74, 6) is 0. The van der Waals surface area contributed by atoms with Gasteiger partial charge in [-0.1, -0.05) is 6.42 Å². The van der Waals surface area contributed by atoms with E-state index in [9.17, 15) is 10.1 Å². The SMILES string of the molecule is Cc1[nH]c2ccc([N+](=O)[O-])cc2c1CCN1CCCCC1.[Cl-]. The number of rotatable bonds is 4. The molecule has 0 radical (unpaired) electrons. The van der Waals surface area contributed by atoms with Gasteiger partial charge >= 0.3 is 0 Å². The molecule has 1 saturated heterocycles. The zero-order valence-electron chi connectivity index (χ0n) is 12.8. The van der Waals surface area contributed by atoms with E-state index in [4.69, 9.17) is 0 Å². The third-order valence-electron chi connectivity index (χ3n) is 4.44. The fourth-order valence-electron chi connectivity index (χ4n) is 3.26. The number of non-ortho nitro benzene ring substituents is 1. The summed E-state index contributed by atoms with van der Waals surface area (Å²) in [6, 6.07) is 5.07. The first-order valence-corrected chi connectivity index (χ1v) is 7.63. The number of nitrogens with zero attached hydrogens (tertiary/aromatic N) is 2. The van der Waals surface area contributed by atoms with Crippen LogP contribution >= 0.6 is 0 Å². The van der Waals surface area contributed by atoms with E-state index in [1.54, 1.807) is 12.1 Å². The molecule has 5 nitrogen and oxygen atoms in total. The van der Waals surface area contributed by atoms with Crippen molar-refractivity contribution in [2.45, 2.75) is 32.6 Å². The summed E-state index contributed by atoms with van der Waals surface area (Å²) in [4.78, 5) is 16.5. The second-order valence-corrected chi connectivity index (χ2v) is 5.87. The number of likely N-dealkylation sites (tertiary alicyclic amines) is 1. The highest BCUT2D eigenvalue weighted by Crippen LogP contribution is 2.27. The van der Waals surface area contributed by atoms with Gasteiger partial charge in [-0.3, -0.25) is 10.1 Å². The van der Waals surface area contributed by atoms with Crippen molar-refractivity contribution in [2.75, 3.05) is 19.6 Å². The van der Waals surface area contributed by atoms with E-state index < -0.39 is 0 Å². The van der Waals surface area contributed by atoms with E-state index in [0.29, 0.717) is 0 Å². The van der Waals surface area contributed by atoms with E-state index >= 15 is 0 Å². The minimum atomic E-state index is -0.323. The monoisotopic (exact) mass is 322 g/mol. The van der Waals surface area contributed by atoms with Gasteiger partial charge < -0.3 is 22.3 Å². The summed E-state index contributed by atoms with van der Waals surface area (Å²) in [5.41, 5.74) is 3.51. The number of piperidine rings is 1. The van der Waals surface area contributed by atoms with Crippen LogP contribution in [0.4, 0.5) is 5.69 Å². The average Bonchev–Trinajstić information content (AvgIpc) is 2.80. The molecule has 0 amide bonds. The van der Waals surface area contributed by atoms with Crippen LogP contribution in [-0.2, 0) is 6.42 Å². The normalized spacial score (nSPS) is 15.7. The van der Waals surface area contributed by atoms with Crippen LogP contribution in [0.25, 0.3) is 10.9 Å². The molecule has 1 aliphatic rings. The van der Waals surface area contributed by atoms with Gasteiger partial charge in [0.15, 0.2) is 0 Å². The van der Waals surface area contributed by atoms with Crippen molar-refractivity contribution in [1.29, 1.82) is 0 Å². The molecule has 1 fully saturated rings. The number of aryl methyl sites for hydroxylation is 1. The van der Waals surface area contributed by atoms with Crippen LogP contribution in [0.2, 0.25) is 0 Å². The number of hydrogen-bond donors (Lipinski definition) is 1. The zero-order valence-corrected chi connectivity index (χ0v) is 13.5. The van der Waals surface area contributed by atoms with E-state index in [-0.39, 0.29) is 23.0 Å². The first-order chi connectivity index (χ1) is 10.1. The molecule has 0 unspecified atom stereocenters. The van der Waals surface area contributed by atoms with Gasteiger partial charge in [0.2, 0.25) is 0 Å². The second kappa shape index (κ2) is 7.11. The second-order valence-electron chi connectivity index (χ2n) is 5.87. The van der Waals surface area contributed by atoms with Gasteiger partial charge in [0.1, 0.15) is 0 Å². The molecule has 2 aromatic rings. The Hall–Kier alpha value is -1.59. The van der Waals surface area contributed by atoms with Crippen LogP contribution in [0.1, 0.15) is 30.5 Å². The Morgan fingerprint density at radius 1 is 1.27 bits per heavy atom. The lowest BCUT2D eigenvalue weighted by molar-refractivity contribution is -0.384. The smallest absolute Gasteiger partial charge is 0.270 e. The standard InChI is InChI=1S/C16H21N3O2.ClH/c1-12-14(7-10-18-8-3-2-4-9-18)15-11-13(19(20)21)5-6-16(15)17-12;/h5-6,11,17H,2-4,7-10H2,1H3;1H/p-1. The average molecular weight is 323 g/mol. The molecular formula is C16H21ClN3O2-. The highest BCUT2D eigenvalue weighted by atomic mass is 35.5. The fraction of sp³-hybridized carbons (Fsp3) is 0.500. The molecule has 3 rings (SSSR count). The number of benzene rings is 1. The number of nitro benzene ring substituents is 1. The van der Waals surface area contributed by atoms with Gasteiger partial charge in [0.05, 0.1) is 4.92 Å². The lowest BCUT2D eigenvalue weighted by Gasteiger charge is -2.26. The predicted octanol–water partition coefficient (Wildman–Crippen LogP) is 0.417. The maximum absolute atomic E-state index is 11.0. The number of nitrogens with one attached hydrogen (secondary N) is 1. The van der Waals surface area contributed by atoms with Crippen molar-refractivity contribution < 1.29 is 17.3 Å². The maximum Gasteiger partial charge on any atom is 0.270 e. The van der Waals surface area contributed by atoms with Crippen molar-refractivity contribution in [3.05, 3.63) is 39.6 Å². The van der Waals surface area contributed by atoms with Gasteiger partial charge in [-0.15, -0.1) is 0 Å². The molecule has 1 aliphatic heterocycles. The molecule has 0 bridgehead atoms. The molecule has 22 heavy (non-hydrogen) atoms. The first kappa shape index (κ1) is 16.8. The first-order valence-electron chi connectivity index (χ1n) is 7.63. The predicted molar refractivity (Wildman–Crippen MR) is 83.7 cm³/mol. The third kappa shape index (κ3) is 3.42. The summed E-state index contributed by atoms with van der Waals surface area (Å²) < 4.78 is 0. The van der Waals surface area contributed by atoms with Crippen LogP contribution in [-0.4, -0.2) is 34.4 Å². The fourth-order valence-corrected chi connectivity index (χ4v) is 3.26. The van der Waals surface area contributed by atoms with Gasteiger partial charge in [0.25, 0.3) is 5.69 Å². The van der Waals surface area contributed by atoms with Gasteiger partial charge in [-0.2, -0.15) is 0 Å². The highest BCUT2D eigenvalue weighted by Gasteiger charge is 2.15. The summed E-state index contributed by atoms with van der Waals surface area (Å²) in [6.45, 7) is 5.46. The van der Waals surface area contributed by atoms with Crippen molar-refractivity contribution in [2.24, 2.45) is 0 Å². The van der Waals surface area contributed by atoms with Crippen LogP contribution in [0.5, 0.6) is 0 Å². The molecular weight excluding hydrogens is 302 g/mol. The number of halogens is 1. The van der Waals surface area contributed by atoms with Gasteiger partial charge in [0, 0.05) is 35.3 Å². The number of aromatic nitrogens is 1. The number of H-pyrrole nitrogens is 1. The molecule has 0 saturated carbocycles. The lowest BCUT2D eigenvalue weighted by Crippen LogP contribution is -3.00. The number of nitro groups is 1. The minimum Gasteiger partial charge on any atom is -1.00 e. The molecule has 1 N–H and O–H groups in total. The Bertz CT molecular complexity index is 663. The molecule has 0 atom stereocenters. The molecule has 2 heterocycles. The van der Waals surface area contributed by atoms with Gasteiger partial charge in [-0.25, -0.2) is 0 Å². The van der Waals surface area contributed by atoms with E-state index in [0.717, 1.165) is 29.6 Å². The van der Waals surface area contributed by atoms with Crippen molar-refractivity contribution in [3.8, 4) is 0 Å². The topological polar surface area (TPSA) is 62.2 Å². The van der Waals surface area contributed by atoms with Crippen LogP contribution in [0, 0.1) is 17.0 Å². The zero-order chi connectivity index (χ0) is 14.8. The Labute approximate surface area is 136 Å². The van der Waals surface area contributed by atoms with Crippen LogP contribution in [0.3, 0.4) is 0 Å². The maximum atomic E-state index is 11.0. The summed E-state index contributed by atoms with van der Waals surface area (Å²) in [5, 5.41) is 12.0. The van der Waals surface area contributed by atoms with Crippen molar-refractivity contribution in [3.63, 3.8) is 0 Å². The highest BCUT2D eigenvalue weighted by molar-refractivity contribution is 5.86. The lowest BCUT2D eigenvalue weighted by atomic mass is 10.1. The number of fused-ring (bicyclic) bond motifs is 1. The third-order valence-corrected chi connectivity index (χ3v) is 4.44. The molecule has 1 aromatic heterocycles. The Kier molecular flexibility index (Phi) is 5.42. The summed E-state index contributed by atoms with van der Waals surface area (Å²) in [7, 11) is 0. The quantitative estimate of drug-likeness (QED) is 0.655. The van der Waals surface area contributed by atoms with Crippen molar-refractivity contribution >= 4 is 16.6 Å². The molecule has 0 spiro atoms. The van der Waals surface area contributed by atoms with E-state index in [1.165, 1.54) is 37.9 Å². The minimum absolute atomic E-state index is 0. The molecule has 120 valence electrons. The molecule has 6 heteroatoms.